The Hall–Kier alpha value is -0.770. The molecule has 0 aromatic carbocycles. The van der Waals surface area contributed by atoms with Crippen molar-refractivity contribution in [2.24, 2.45) is 0 Å². The van der Waals surface area contributed by atoms with Crippen molar-refractivity contribution < 1.29 is 4.79 Å². The van der Waals surface area contributed by atoms with E-state index in [0.717, 1.165) is 0 Å². The standard InChI is InChI=1S/C7H10N2OS/c1-6(4-7(10)11)9-3-2-8-5-9/h2-3,5-6H,4H2,1H3,(H,10,11). The Labute approximate surface area is 70.8 Å². The highest BCUT2D eigenvalue weighted by atomic mass is 32.1. The zero-order valence-electron chi connectivity index (χ0n) is 6.27. The topological polar surface area (TPSA) is 34.9 Å². The van der Waals surface area contributed by atoms with Gasteiger partial charge in [-0.15, -0.1) is 12.6 Å². The van der Waals surface area contributed by atoms with Gasteiger partial charge in [-0.2, -0.15) is 0 Å². The van der Waals surface area contributed by atoms with Crippen LogP contribution < -0.4 is 0 Å². The predicted molar refractivity (Wildman–Crippen MR) is 45.5 cm³/mol. The molecule has 1 atom stereocenters. The Balaban J connectivity index is 2.56. The Morgan fingerprint density at radius 2 is 2.55 bits per heavy atom. The molecule has 0 bridgehead atoms. The summed E-state index contributed by atoms with van der Waals surface area (Å²) in [4.78, 5) is 14.5. The van der Waals surface area contributed by atoms with Crippen LogP contribution in [0.1, 0.15) is 19.4 Å². The van der Waals surface area contributed by atoms with Crippen LogP contribution in [0.2, 0.25) is 0 Å². The predicted octanol–water partition coefficient (Wildman–Crippen LogP) is 1.29. The number of imidazole rings is 1. The quantitative estimate of drug-likeness (QED) is 0.694. The average molecular weight is 170 g/mol. The number of nitrogens with zero attached hydrogens (tertiary/aromatic N) is 2. The summed E-state index contributed by atoms with van der Waals surface area (Å²) in [6.07, 6.45) is 5.67. The molecule has 1 aromatic heterocycles. The molecule has 4 heteroatoms. The third kappa shape index (κ3) is 2.38. The van der Waals surface area contributed by atoms with Crippen molar-refractivity contribution in [2.75, 3.05) is 0 Å². The van der Waals surface area contributed by atoms with Gasteiger partial charge >= 0.3 is 0 Å². The molecule has 1 heterocycles. The molecule has 0 amide bonds. The maximum Gasteiger partial charge on any atom is 0.187 e. The summed E-state index contributed by atoms with van der Waals surface area (Å²) in [6, 6.07) is 0.155. The van der Waals surface area contributed by atoms with E-state index in [1.165, 1.54) is 0 Å². The van der Waals surface area contributed by atoms with Gasteiger partial charge in [-0.3, -0.25) is 4.79 Å². The fourth-order valence-electron chi connectivity index (χ4n) is 0.888. The number of hydrogen-bond acceptors (Lipinski definition) is 2. The third-order valence-electron chi connectivity index (χ3n) is 1.50. The van der Waals surface area contributed by atoms with Gasteiger partial charge in [-0.05, 0) is 6.92 Å². The maximum absolute atomic E-state index is 10.6. The lowest BCUT2D eigenvalue weighted by Gasteiger charge is -2.09. The smallest absolute Gasteiger partial charge is 0.187 e. The minimum atomic E-state index is -0.0915. The van der Waals surface area contributed by atoms with Crippen LogP contribution in [0.3, 0.4) is 0 Å². The molecule has 60 valence electrons. The van der Waals surface area contributed by atoms with Gasteiger partial charge in [-0.25, -0.2) is 4.98 Å². The van der Waals surface area contributed by atoms with Gasteiger partial charge in [0.25, 0.3) is 0 Å². The fraction of sp³-hybridized carbons (Fsp3) is 0.429. The molecule has 1 rings (SSSR count). The number of hydrogen-bond donors (Lipinski definition) is 1. The van der Waals surface area contributed by atoms with Crippen LogP contribution in [0.15, 0.2) is 18.7 Å². The van der Waals surface area contributed by atoms with E-state index in [1.807, 2.05) is 17.7 Å². The van der Waals surface area contributed by atoms with E-state index in [-0.39, 0.29) is 11.2 Å². The first kappa shape index (κ1) is 8.33. The summed E-state index contributed by atoms with van der Waals surface area (Å²) < 4.78 is 1.88. The van der Waals surface area contributed by atoms with Crippen LogP contribution in [-0.2, 0) is 4.79 Å². The SMILES string of the molecule is CC(CC(=O)S)n1ccnc1. The summed E-state index contributed by atoms with van der Waals surface area (Å²) in [5.41, 5.74) is 0. The molecule has 1 unspecified atom stereocenters. The average Bonchev–Trinajstić information content (AvgIpc) is 2.35. The normalized spacial score (nSPS) is 12.9. The molecule has 0 saturated heterocycles. The first-order valence-electron chi connectivity index (χ1n) is 3.39. The van der Waals surface area contributed by atoms with Crippen LogP contribution >= 0.6 is 12.6 Å². The lowest BCUT2D eigenvalue weighted by Crippen LogP contribution is -2.05. The first-order chi connectivity index (χ1) is 5.20. The van der Waals surface area contributed by atoms with Crippen LogP contribution in [0.4, 0.5) is 0 Å². The van der Waals surface area contributed by atoms with E-state index in [0.29, 0.717) is 6.42 Å². The van der Waals surface area contributed by atoms with Crippen LogP contribution in [-0.4, -0.2) is 14.7 Å². The highest BCUT2D eigenvalue weighted by molar-refractivity contribution is 7.96. The molecule has 3 nitrogen and oxygen atoms in total. The zero-order valence-corrected chi connectivity index (χ0v) is 7.16. The van der Waals surface area contributed by atoms with Crippen molar-refractivity contribution in [1.29, 1.82) is 0 Å². The lowest BCUT2D eigenvalue weighted by molar-refractivity contribution is -0.111. The summed E-state index contributed by atoms with van der Waals surface area (Å²) >= 11 is 3.70. The van der Waals surface area contributed by atoms with Crippen LogP contribution in [0, 0.1) is 0 Å². The highest BCUT2D eigenvalue weighted by Crippen LogP contribution is 2.10. The molecular weight excluding hydrogens is 160 g/mol. The van der Waals surface area contributed by atoms with Gasteiger partial charge in [-0.1, -0.05) is 0 Å². The van der Waals surface area contributed by atoms with E-state index in [9.17, 15) is 4.79 Å². The van der Waals surface area contributed by atoms with Gasteiger partial charge in [0.15, 0.2) is 5.12 Å². The van der Waals surface area contributed by atoms with Crippen molar-refractivity contribution in [3.05, 3.63) is 18.7 Å². The summed E-state index contributed by atoms with van der Waals surface area (Å²) in [6.45, 7) is 1.95. The van der Waals surface area contributed by atoms with E-state index in [4.69, 9.17) is 0 Å². The number of aromatic nitrogens is 2. The van der Waals surface area contributed by atoms with Gasteiger partial charge in [0.2, 0.25) is 0 Å². The minimum absolute atomic E-state index is 0.0915. The van der Waals surface area contributed by atoms with Gasteiger partial charge in [0.05, 0.1) is 6.33 Å². The van der Waals surface area contributed by atoms with Gasteiger partial charge in [0, 0.05) is 24.9 Å². The Kier molecular flexibility index (Phi) is 2.70. The monoisotopic (exact) mass is 170 g/mol. The van der Waals surface area contributed by atoms with Crippen molar-refractivity contribution in [1.82, 2.24) is 9.55 Å². The maximum atomic E-state index is 10.6. The molecule has 0 radical (unpaired) electrons. The van der Waals surface area contributed by atoms with Gasteiger partial charge < -0.3 is 4.57 Å². The fourth-order valence-corrected chi connectivity index (χ4v) is 1.15. The van der Waals surface area contributed by atoms with E-state index < -0.39 is 0 Å². The second-order valence-corrected chi connectivity index (χ2v) is 2.96. The van der Waals surface area contributed by atoms with Crippen LogP contribution in [0.5, 0.6) is 0 Å². The van der Waals surface area contributed by atoms with Gasteiger partial charge in [0.1, 0.15) is 0 Å². The molecule has 11 heavy (non-hydrogen) atoms. The molecule has 0 aliphatic carbocycles. The third-order valence-corrected chi connectivity index (χ3v) is 1.69. The number of thiol groups is 1. The second kappa shape index (κ2) is 3.57. The molecular formula is C7H10N2OS. The summed E-state index contributed by atoms with van der Waals surface area (Å²) in [5.74, 6) is 0. The van der Waals surface area contributed by atoms with Crippen molar-refractivity contribution in [3.8, 4) is 0 Å². The Morgan fingerprint density at radius 1 is 1.82 bits per heavy atom. The first-order valence-corrected chi connectivity index (χ1v) is 3.84. The van der Waals surface area contributed by atoms with E-state index in [2.05, 4.69) is 17.6 Å². The number of carbonyl (C=O) groups excluding carboxylic acids is 1. The summed E-state index contributed by atoms with van der Waals surface area (Å²) in [7, 11) is 0. The Morgan fingerprint density at radius 3 is 3.00 bits per heavy atom. The van der Waals surface area contributed by atoms with Crippen molar-refractivity contribution >= 4 is 17.7 Å². The lowest BCUT2D eigenvalue weighted by atomic mass is 10.2. The number of rotatable bonds is 3. The number of carbonyl (C=O) groups is 1. The largest absolute Gasteiger partial charge is 0.334 e. The molecule has 0 aliphatic heterocycles. The van der Waals surface area contributed by atoms with Crippen LogP contribution in [0.25, 0.3) is 0 Å². The minimum Gasteiger partial charge on any atom is -0.334 e. The Bertz CT molecular complexity index is 233. The van der Waals surface area contributed by atoms with Crippen molar-refractivity contribution in [2.45, 2.75) is 19.4 Å². The molecule has 0 aliphatic rings. The second-order valence-electron chi connectivity index (χ2n) is 2.46. The molecule has 1 aromatic rings. The zero-order chi connectivity index (χ0) is 8.27. The molecule has 0 spiro atoms. The summed E-state index contributed by atoms with van der Waals surface area (Å²) in [5, 5.41) is -0.0915. The highest BCUT2D eigenvalue weighted by Gasteiger charge is 2.05. The van der Waals surface area contributed by atoms with Crippen molar-refractivity contribution in [3.63, 3.8) is 0 Å². The molecule has 0 saturated carbocycles. The molecule has 0 fully saturated rings. The van der Waals surface area contributed by atoms with E-state index in [1.54, 1.807) is 12.5 Å². The van der Waals surface area contributed by atoms with E-state index >= 15 is 0 Å². The molecule has 0 N–H and O–H groups in total.